The molecule has 5 rings (SSSR count). The number of hydrogen-bond acceptors (Lipinski definition) is 2. The summed E-state index contributed by atoms with van der Waals surface area (Å²) in [5, 5.41) is 2.09. The molecular weight excluding hydrogens is 370 g/mol. The number of aryl methyl sites for hydroxylation is 3. The second kappa shape index (κ2) is 7.03. The van der Waals surface area contributed by atoms with Gasteiger partial charge in [-0.25, -0.2) is 4.79 Å². The molecule has 0 radical (unpaired) electrons. The molecule has 5 aromatic rings. The summed E-state index contributed by atoms with van der Waals surface area (Å²) in [7, 11) is 0. The van der Waals surface area contributed by atoms with Crippen molar-refractivity contribution in [2.45, 2.75) is 27.3 Å². The van der Waals surface area contributed by atoms with Crippen LogP contribution in [0.25, 0.3) is 44.3 Å². The fourth-order valence-electron chi connectivity index (χ4n) is 4.30. The quantitative estimate of drug-likeness (QED) is 0.341. The number of para-hydroxylation sites is 1. The first-order chi connectivity index (χ1) is 14.6. The van der Waals surface area contributed by atoms with E-state index in [0.29, 0.717) is 11.3 Å². The van der Waals surface area contributed by atoms with Crippen molar-refractivity contribution in [2.24, 2.45) is 0 Å². The SMILES string of the molecule is CCn1c2ccccc2c2c(-c3ccc(C)cc3)c(-c3ccc(C)cc3)c(=O)oc21. The first-order valence-electron chi connectivity index (χ1n) is 10.3. The van der Waals surface area contributed by atoms with Gasteiger partial charge >= 0.3 is 5.63 Å². The summed E-state index contributed by atoms with van der Waals surface area (Å²) in [5.41, 5.74) is 7.20. The number of hydrogen-bond donors (Lipinski definition) is 0. The smallest absolute Gasteiger partial charge is 0.346 e. The molecule has 0 fully saturated rings. The van der Waals surface area contributed by atoms with E-state index in [1.165, 1.54) is 5.56 Å². The van der Waals surface area contributed by atoms with Crippen molar-refractivity contribution < 1.29 is 4.42 Å². The first kappa shape index (κ1) is 18.4. The van der Waals surface area contributed by atoms with Crippen LogP contribution in [0.15, 0.2) is 82.0 Å². The zero-order valence-electron chi connectivity index (χ0n) is 17.4. The second-order valence-electron chi connectivity index (χ2n) is 7.81. The third-order valence-electron chi connectivity index (χ3n) is 5.81. The molecule has 148 valence electrons. The molecule has 3 heteroatoms. The molecule has 0 saturated heterocycles. The van der Waals surface area contributed by atoms with E-state index < -0.39 is 0 Å². The van der Waals surface area contributed by atoms with Gasteiger partial charge in [0.25, 0.3) is 0 Å². The highest BCUT2D eigenvalue weighted by Gasteiger charge is 2.23. The van der Waals surface area contributed by atoms with Crippen molar-refractivity contribution in [3.63, 3.8) is 0 Å². The number of rotatable bonds is 3. The molecule has 0 aliphatic rings. The molecule has 0 spiro atoms. The summed E-state index contributed by atoms with van der Waals surface area (Å²) in [6.07, 6.45) is 0. The Kier molecular flexibility index (Phi) is 4.32. The second-order valence-corrected chi connectivity index (χ2v) is 7.81. The van der Waals surface area contributed by atoms with Crippen LogP contribution >= 0.6 is 0 Å². The van der Waals surface area contributed by atoms with Crippen LogP contribution in [0, 0.1) is 13.8 Å². The van der Waals surface area contributed by atoms with Crippen LogP contribution in [-0.4, -0.2) is 4.57 Å². The Bertz CT molecular complexity index is 1440. The summed E-state index contributed by atoms with van der Waals surface area (Å²) < 4.78 is 8.06. The van der Waals surface area contributed by atoms with Gasteiger partial charge in [0.15, 0.2) is 0 Å². The standard InChI is InChI=1S/C27H23NO2/c1-4-28-22-8-6-5-7-21(22)25-23(19-13-9-17(2)10-14-19)24(27(29)30-26(25)28)20-15-11-18(3)12-16-20/h5-16H,4H2,1-3H3. The third-order valence-corrected chi connectivity index (χ3v) is 5.81. The van der Waals surface area contributed by atoms with Gasteiger partial charge in [-0.1, -0.05) is 77.9 Å². The minimum Gasteiger partial charge on any atom is -0.405 e. The highest BCUT2D eigenvalue weighted by Crippen LogP contribution is 2.41. The van der Waals surface area contributed by atoms with Gasteiger partial charge in [0.2, 0.25) is 5.71 Å². The maximum Gasteiger partial charge on any atom is 0.346 e. The van der Waals surface area contributed by atoms with E-state index in [0.717, 1.165) is 45.1 Å². The summed E-state index contributed by atoms with van der Waals surface area (Å²) in [4.78, 5) is 13.3. The Morgan fingerprint density at radius 3 is 1.93 bits per heavy atom. The number of benzene rings is 3. The van der Waals surface area contributed by atoms with E-state index in [1.54, 1.807) is 0 Å². The molecule has 3 nitrogen and oxygen atoms in total. The van der Waals surface area contributed by atoms with E-state index in [-0.39, 0.29) is 5.63 Å². The molecule has 3 aromatic carbocycles. The van der Waals surface area contributed by atoms with Crippen molar-refractivity contribution in [3.8, 4) is 22.3 Å². The van der Waals surface area contributed by atoms with Crippen molar-refractivity contribution in [1.82, 2.24) is 4.57 Å². The molecular formula is C27H23NO2. The number of aromatic nitrogens is 1. The average Bonchev–Trinajstić information content (AvgIpc) is 3.07. The van der Waals surface area contributed by atoms with E-state index in [4.69, 9.17) is 4.42 Å². The molecule has 30 heavy (non-hydrogen) atoms. The van der Waals surface area contributed by atoms with E-state index in [1.807, 2.05) is 43.3 Å². The van der Waals surface area contributed by atoms with Crippen LogP contribution in [-0.2, 0) is 6.54 Å². The summed E-state index contributed by atoms with van der Waals surface area (Å²) in [6.45, 7) is 6.92. The topological polar surface area (TPSA) is 35.1 Å². The van der Waals surface area contributed by atoms with Crippen molar-refractivity contribution in [2.75, 3.05) is 0 Å². The Morgan fingerprint density at radius 2 is 1.33 bits per heavy atom. The zero-order chi connectivity index (χ0) is 20.8. The van der Waals surface area contributed by atoms with Crippen molar-refractivity contribution in [1.29, 1.82) is 0 Å². The molecule has 0 aliphatic heterocycles. The first-order valence-corrected chi connectivity index (χ1v) is 10.3. The van der Waals surface area contributed by atoms with Crippen LogP contribution in [0.3, 0.4) is 0 Å². The van der Waals surface area contributed by atoms with Gasteiger partial charge in [0.1, 0.15) is 0 Å². The average molecular weight is 393 g/mol. The zero-order valence-corrected chi connectivity index (χ0v) is 17.4. The van der Waals surface area contributed by atoms with Crippen molar-refractivity contribution in [3.05, 3.63) is 94.3 Å². The van der Waals surface area contributed by atoms with Gasteiger partial charge < -0.3 is 8.98 Å². The highest BCUT2D eigenvalue weighted by molar-refractivity contribution is 6.15. The molecule has 2 aromatic heterocycles. The molecule has 0 aliphatic carbocycles. The lowest BCUT2D eigenvalue weighted by Gasteiger charge is -2.12. The highest BCUT2D eigenvalue weighted by atomic mass is 16.4. The minimum absolute atomic E-state index is 0.306. The third kappa shape index (κ3) is 2.78. The van der Waals surface area contributed by atoms with Gasteiger partial charge in [-0.05, 0) is 38.0 Å². The van der Waals surface area contributed by atoms with Crippen LogP contribution in [0.1, 0.15) is 18.1 Å². The summed E-state index contributed by atoms with van der Waals surface area (Å²) in [6, 6.07) is 24.7. The van der Waals surface area contributed by atoms with Crippen LogP contribution in [0.4, 0.5) is 0 Å². The Hall–Kier alpha value is -3.59. The summed E-state index contributed by atoms with van der Waals surface area (Å²) >= 11 is 0. The Labute approximate surface area is 175 Å². The maximum atomic E-state index is 13.3. The molecule has 0 unspecified atom stereocenters. The van der Waals surface area contributed by atoms with Gasteiger partial charge in [0.05, 0.1) is 16.5 Å². The maximum absolute atomic E-state index is 13.3. The fraction of sp³-hybridized carbons (Fsp3) is 0.148. The van der Waals surface area contributed by atoms with E-state index in [9.17, 15) is 4.79 Å². The fourth-order valence-corrected chi connectivity index (χ4v) is 4.30. The lowest BCUT2D eigenvalue weighted by atomic mass is 9.92. The molecule has 0 N–H and O–H groups in total. The van der Waals surface area contributed by atoms with Gasteiger partial charge in [0, 0.05) is 17.5 Å². The van der Waals surface area contributed by atoms with Crippen LogP contribution in [0.2, 0.25) is 0 Å². The van der Waals surface area contributed by atoms with Gasteiger partial charge in [-0.2, -0.15) is 0 Å². The van der Waals surface area contributed by atoms with Crippen molar-refractivity contribution >= 4 is 22.0 Å². The molecule has 0 saturated carbocycles. The predicted molar refractivity (Wildman–Crippen MR) is 124 cm³/mol. The summed E-state index contributed by atoms with van der Waals surface area (Å²) in [5.74, 6) is 0. The molecule has 0 atom stereocenters. The predicted octanol–water partition coefficient (Wildman–Crippen LogP) is 6.72. The van der Waals surface area contributed by atoms with Gasteiger partial charge in [-0.15, -0.1) is 0 Å². The van der Waals surface area contributed by atoms with E-state index in [2.05, 4.69) is 54.8 Å². The Morgan fingerprint density at radius 1 is 0.767 bits per heavy atom. The van der Waals surface area contributed by atoms with E-state index >= 15 is 0 Å². The molecule has 0 bridgehead atoms. The van der Waals surface area contributed by atoms with Gasteiger partial charge in [-0.3, -0.25) is 0 Å². The van der Waals surface area contributed by atoms with Crippen LogP contribution < -0.4 is 5.63 Å². The molecule has 0 amide bonds. The minimum atomic E-state index is -0.306. The monoisotopic (exact) mass is 393 g/mol. The van der Waals surface area contributed by atoms with Crippen LogP contribution in [0.5, 0.6) is 0 Å². The lowest BCUT2D eigenvalue weighted by Crippen LogP contribution is -2.07. The molecule has 2 heterocycles. The normalized spacial score (nSPS) is 11.4. The lowest BCUT2D eigenvalue weighted by molar-refractivity contribution is 0.532. The number of nitrogens with zero attached hydrogens (tertiary/aromatic N) is 1. The number of fused-ring (bicyclic) bond motifs is 3. The Balaban J connectivity index is 2.02. The largest absolute Gasteiger partial charge is 0.405 e.